The van der Waals surface area contributed by atoms with E-state index < -0.39 is 10.0 Å². The van der Waals surface area contributed by atoms with E-state index in [4.69, 9.17) is 9.47 Å². The van der Waals surface area contributed by atoms with Gasteiger partial charge in [0.05, 0.1) is 24.8 Å². The highest BCUT2D eigenvalue weighted by molar-refractivity contribution is 7.92. The third-order valence-electron chi connectivity index (χ3n) is 3.87. The molecule has 0 atom stereocenters. The van der Waals surface area contributed by atoms with Gasteiger partial charge in [0.2, 0.25) is 0 Å². The third-order valence-corrected chi connectivity index (χ3v) is 5.65. The van der Waals surface area contributed by atoms with Crippen LogP contribution in [-0.2, 0) is 10.0 Å². The van der Waals surface area contributed by atoms with Crippen LogP contribution >= 0.6 is 0 Å². The SMILES string of the molecule is COc1ccc(N(C)S(=O)(=O)c2ccc(C)c(C)c2)cc1OC. The van der Waals surface area contributed by atoms with Crippen molar-refractivity contribution >= 4 is 15.7 Å². The molecule has 0 N–H and O–H groups in total. The Morgan fingerprint density at radius 3 is 2.09 bits per heavy atom. The van der Waals surface area contributed by atoms with Crippen LogP contribution in [0.15, 0.2) is 41.3 Å². The summed E-state index contributed by atoms with van der Waals surface area (Å²) < 4.78 is 37.3. The van der Waals surface area contributed by atoms with Gasteiger partial charge in [-0.15, -0.1) is 0 Å². The Bertz CT molecular complexity index is 815. The van der Waals surface area contributed by atoms with Crippen LogP contribution in [0.2, 0.25) is 0 Å². The maximum absolute atomic E-state index is 12.8. The first kappa shape index (κ1) is 17.1. The molecule has 0 unspecified atom stereocenters. The molecule has 0 bridgehead atoms. The predicted molar refractivity (Wildman–Crippen MR) is 91.1 cm³/mol. The van der Waals surface area contributed by atoms with Crippen molar-refractivity contribution in [2.24, 2.45) is 0 Å². The third kappa shape index (κ3) is 3.27. The van der Waals surface area contributed by atoms with E-state index in [-0.39, 0.29) is 4.90 Å². The van der Waals surface area contributed by atoms with Gasteiger partial charge in [-0.05, 0) is 49.2 Å². The average molecular weight is 335 g/mol. The molecule has 0 aliphatic heterocycles. The van der Waals surface area contributed by atoms with Gasteiger partial charge in [0.1, 0.15) is 0 Å². The molecular formula is C17H21NO4S. The summed E-state index contributed by atoms with van der Waals surface area (Å²) in [5, 5.41) is 0. The number of nitrogens with zero attached hydrogens (tertiary/aromatic N) is 1. The van der Waals surface area contributed by atoms with Gasteiger partial charge in [0, 0.05) is 13.1 Å². The lowest BCUT2D eigenvalue weighted by Crippen LogP contribution is -2.26. The minimum Gasteiger partial charge on any atom is -0.493 e. The lowest BCUT2D eigenvalue weighted by Gasteiger charge is -2.21. The second-order valence-corrected chi connectivity index (χ2v) is 7.23. The van der Waals surface area contributed by atoms with Gasteiger partial charge in [-0.2, -0.15) is 0 Å². The molecule has 2 aromatic rings. The molecule has 0 heterocycles. The maximum atomic E-state index is 12.8. The zero-order valence-electron chi connectivity index (χ0n) is 14.0. The normalized spacial score (nSPS) is 11.2. The molecule has 6 heteroatoms. The molecule has 2 rings (SSSR count). The zero-order valence-corrected chi connectivity index (χ0v) is 14.8. The summed E-state index contributed by atoms with van der Waals surface area (Å²) in [5.41, 5.74) is 2.49. The van der Waals surface area contributed by atoms with Crippen molar-refractivity contribution in [1.29, 1.82) is 0 Å². The fourth-order valence-corrected chi connectivity index (χ4v) is 3.47. The Balaban J connectivity index is 2.45. The van der Waals surface area contributed by atoms with Gasteiger partial charge in [0.15, 0.2) is 11.5 Å². The Hall–Kier alpha value is -2.21. The first-order valence-corrected chi connectivity index (χ1v) is 8.53. The van der Waals surface area contributed by atoms with Crippen LogP contribution in [-0.4, -0.2) is 29.7 Å². The number of ether oxygens (including phenoxy) is 2. The summed E-state index contributed by atoms with van der Waals surface area (Å²) >= 11 is 0. The van der Waals surface area contributed by atoms with E-state index in [0.717, 1.165) is 11.1 Å². The van der Waals surface area contributed by atoms with Crippen molar-refractivity contribution < 1.29 is 17.9 Å². The van der Waals surface area contributed by atoms with E-state index in [1.54, 1.807) is 30.3 Å². The largest absolute Gasteiger partial charge is 0.493 e. The van der Waals surface area contributed by atoms with Crippen LogP contribution in [0.4, 0.5) is 5.69 Å². The van der Waals surface area contributed by atoms with Gasteiger partial charge < -0.3 is 9.47 Å². The van der Waals surface area contributed by atoms with E-state index in [9.17, 15) is 8.42 Å². The lowest BCUT2D eigenvalue weighted by atomic mass is 10.1. The summed E-state index contributed by atoms with van der Waals surface area (Å²) in [5.74, 6) is 1.03. The summed E-state index contributed by atoms with van der Waals surface area (Å²) in [6, 6.07) is 10.1. The van der Waals surface area contributed by atoms with Crippen LogP contribution < -0.4 is 13.8 Å². The van der Waals surface area contributed by atoms with E-state index in [0.29, 0.717) is 17.2 Å². The minimum atomic E-state index is -3.64. The quantitative estimate of drug-likeness (QED) is 0.842. The average Bonchev–Trinajstić information content (AvgIpc) is 2.55. The monoisotopic (exact) mass is 335 g/mol. The Morgan fingerprint density at radius 1 is 0.870 bits per heavy atom. The van der Waals surface area contributed by atoms with Crippen LogP contribution in [0, 0.1) is 13.8 Å². The molecule has 0 amide bonds. The summed E-state index contributed by atoms with van der Waals surface area (Å²) in [4.78, 5) is 0.262. The lowest BCUT2D eigenvalue weighted by molar-refractivity contribution is 0.355. The smallest absolute Gasteiger partial charge is 0.264 e. The summed E-state index contributed by atoms with van der Waals surface area (Å²) in [6.45, 7) is 3.84. The molecule has 0 aliphatic carbocycles. The Morgan fingerprint density at radius 2 is 1.52 bits per heavy atom. The molecule has 0 spiro atoms. The number of rotatable bonds is 5. The number of hydrogen-bond donors (Lipinski definition) is 0. The molecule has 2 aromatic carbocycles. The first-order valence-electron chi connectivity index (χ1n) is 7.09. The van der Waals surface area contributed by atoms with Gasteiger partial charge >= 0.3 is 0 Å². The molecule has 23 heavy (non-hydrogen) atoms. The summed E-state index contributed by atoms with van der Waals surface area (Å²) in [6.07, 6.45) is 0. The van der Waals surface area contributed by atoms with E-state index in [1.807, 2.05) is 19.9 Å². The molecule has 0 saturated heterocycles. The first-order chi connectivity index (χ1) is 10.8. The fourth-order valence-electron chi connectivity index (χ4n) is 2.19. The molecule has 0 aromatic heterocycles. The van der Waals surface area contributed by atoms with Crippen molar-refractivity contribution in [3.8, 4) is 11.5 Å². The molecule has 0 radical (unpaired) electrons. The molecular weight excluding hydrogens is 314 g/mol. The molecule has 124 valence electrons. The fraction of sp³-hybridized carbons (Fsp3) is 0.294. The standard InChI is InChI=1S/C17H21NO4S/c1-12-6-8-15(10-13(12)2)23(19,20)18(3)14-7-9-16(21-4)17(11-14)22-5/h6-11H,1-5H3. The highest BCUT2D eigenvalue weighted by Crippen LogP contribution is 2.33. The number of aryl methyl sites for hydroxylation is 2. The maximum Gasteiger partial charge on any atom is 0.264 e. The second kappa shape index (κ2) is 6.50. The van der Waals surface area contributed by atoms with Crippen molar-refractivity contribution in [2.45, 2.75) is 18.7 Å². The molecule has 5 nitrogen and oxygen atoms in total. The van der Waals surface area contributed by atoms with Crippen LogP contribution in [0.1, 0.15) is 11.1 Å². The van der Waals surface area contributed by atoms with Gasteiger partial charge in [-0.1, -0.05) is 6.07 Å². The Labute approximate surface area is 137 Å². The van der Waals surface area contributed by atoms with Crippen molar-refractivity contribution in [2.75, 3.05) is 25.6 Å². The van der Waals surface area contributed by atoms with Gasteiger partial charge in [0.25, 0.3) is 10.0 Å². The molecule has 0 saturated carbocycles. The van der Waals surface area contributed by atoms with Crippen molar-refractivity contribution in [3.05, 3.63) is 47.5 Å². The van der Waals surface area contributed by atoms with E-state index >= 15 is 0 Å². The number of sulfonamides is 1. The Kier molecular flexibility index (Phi) is 4.85. The van der Waals surface area contributed by atoms with E-state index in [2.05, 4.69) is 0 Å². The number of anilines is 1. The zero-order chi connectivity index (χ0) is 17.2. The van der Waals surface area contributed by atoms with Gasteiger partial charge in [-0.25, -0.2) is 8.42 Å². The van der Waals surface area contributed by atoms with Gasteiger partial charge in [-0.3, -0.25) is 4.31 Å². The number of hydrogen-bond acceptors (Lipinski definition) is 4. The second-order valence-electron chi connectivity index (χ2n) is 5.26. The highest BCUT2D eigenvalue weighted by Gasteiger charge is 2.22. The van der Waals surface area contributed by atoms with E-state index in [1.165, 1.54) is 25.6 Å². The van der Waals surface area contributed by atoms with Crippen molar-refractivity contribution in [3.63, 3.8) is 0 Å². The highest BCUT2D eigenvalue weighted by atomic mass is 32.2. The van der Waals surface area contributed by atoms with Crippen LogP contribution in [0.25, 0.3) is 0 Å². The summed E-state index contributed by atoms with van der Waals surface area (Å²) in [7, 11) is 0.929. The number of benzene rings is 2. The number of methoxy groups -OCH3 is 2. The minimum absolute atomic E-state index is 0.262. The van der Waals surface area contributed by atoms with Crippen LogP contribution in [0.5, 0.6) is 11.5 Å². The topological polar surface area (TPSA) is 55.8 Å². The van der Waals surface area contributed by atoms with Crippen LogP contribution in [0.3, 0.4) is 0 Å². The van der Waals surface area contributed by atoms with Crippen molar-refractivity contribution in [1.82, 2.24) is 0 Å². The molecule has 0 aliphatic rings. The molecule has 0 fully saturated rings. The predicted octanol–water partition coefficient (Wildman–Crippen LogP) is 3.15.